The van der Waals surface area contributed by atoms with Crippen molar-refractivity contribution in [3.8, 4) is 0 Å². The number of nitro benzene ring substituents is 1. The van der Waals surface area contributed by atoms with E-state index in [0.29, 0.717) is 12.0 Å². The molecule has 6 heteroatoms. The predicted molar refractivity (Wildman–Crippen MR) is 77.8 cm³/mol. The van der Waals surface area contributed by atoms with E-state index in [4.69, 9.17) is 0 Å². The number of carboxylic acids is 1. The number of piperidine rings is 1. The van der Waals surface area contributed by atoms with E-state index in [1.807, 2.05) is 0 Å². The summed E-state index contributed by atoms with van der Waals surface area (Å²) in [7, 11) is 0. The van der Waals surface area contributed by atoms with E-state index >= 15 is 0 Å². The van der Waals surface area contributed by atoms with Gasteiger partial charge in [-0.3, -0.25) is 10.1 Å². The minimum Gasteiger partial charge on any atom is -0.477 e. The van der Waals surface area contributed by atoms with Crippen LogP contribution < -0.4 is 4.90 Å². The Labute approximate surface area is 122 Å². The molecule has 1 aliphatic heterocycles. The van der Waals surface area contributed by atoms with Crippen LogP contribution in [0.3, 0.4) is 0 Å². The zero-order valence-electron chi connectivity index (χ0n) is 11.7. The first-order valence-corrected chi connectivity index (χ1v) is 7.36. The highest BCUT2D eigenvalue weighted by Gasteiger charge is 2.35. The lowest BCUT2D eigenvalue weighted by atomic mass is 9.91. The maximum Gasteiger partial charge on any atom is 0.342 e. The van der Waals surface area contributed by atoms with Gasteiger partial charge in [-0.05, 0) is 43.7 Å². The Morgan fingerprint density at radius 1 is 1.29 bits per heavy atom. The molecule has 2 atom stereocenters. The molecule has 1 saturated heterocycles. The third kappa shape index (κ3) is 2.46. The molecule has 1 saturated carbocycles. The summed E-state index contributed by atoms with van der Waals surface area (Å²) < 4.78 is 0. The molecule has 21 heavy (non-hydrogen) atoms. The Hall–Kier alpha value is -2.11. The van der Waals surface area contributed by atoms with Crippen molar-refractivity contribution < 1.29 is 14.8 Å². The molecule has 2 aliphatic rings. The molecule has 1 aromatic carbocycles. The number of fused-ring (bicyclic) bond motifs is 1. The van der Waals surface area contributed by atoms with Crippen LogP contribution in [0.25, 0.3) is 0 Å². The van der Waals surface area contributed by atoms with E-state index < -0.39 is 10.9 Å². The average Bonchev–Trinajstić information content (AvgIpc) is 2.94. The lowest BCUT2D eigenvalue weighted by Crippen LogP contribution is -2.42. The molecule has 1 aliphatic carbocycles. The van der Waals surface area contributed by atoms with E-state index in [9.17, 15) is 20.0 Å². The Morgan fingerprint density at radius 2 is 2.05 bits per heavy atom. The first kappa shape index (κ1) is 13.9. The van der Waals surface area contributed by atoms with Crippen LogP contribution in [0, 0.1) is 16.0 Å². The number of hydrogen-bond donors (Lipinski definition) is 1. The molecule has 2 unspecified atom stereocenters. The largest absolute Gasteiger partial charge is 0.477 e. The minimum absolute atomic E-state index is 0.224. The summed E-state index contributed by atoms with van der Waals surface area (Å²) in [6, 6.07) is 4.92. The standard InChI is InChI=1S/C15H18N2O4/c18-15(19)12-9-11(6-7-14(12)17(20)21)16-8-2-4-10-3-1-5-13(10)16/h6-7,9-10,13H,1-5,8H2,(H,18,19). The van der Waals surface area contributed by atoms with Crippen molar-refractivity contribution in [2.24, 2.45) is 5.92 Å². The lowest BCUT2D eigenvalue weighted by Gasteiger charge is -2.39. The Morgan fingerprint density at radius 3 is 2.76 bits per heavy atom. The minimum atomic E-state index is -1.25. The summed E-state index contributed by atoms with van der Waals surface area (Å²) in [6.07, 6.45) is 5.91. The topological polar surface area (TPSA) is 83.7 Å². The number of rotatable bonds is 3. The molecule has 1 heterocycles. The molecule has 1 aromatic rings. The van der Waals surface area contributed by atoms with Gasteiger partial charge in [-0.15, -0.1) is 0 Å². The highest BCUT2D eigenvalue weighted by atomic mass is 16.6. The highest BCUT2D eigenvalue weighted by Crippen LogP contribution is 2.39. The van der Waals surface area contributed by atoms with E-state index in [1.54, 1.807) is 6.07 Å². The van der Waals surface area contributed by atoms with Crippen molar-refractivity contribution in [1.82, 2.24) is 0 Å². The summed E-state index contributed by atoms with van der Waals surface area (Å²) in [6.45, 7) is 0.901. The van der Waals surface area contributed by atoms with E-state index in [2.05, 4.69) is 4.90 Å². The predicted octanol–water partition coefficient (Wildman–Crippen LogP) is 3.06. The number of nitrogens with zero attached hydrogens (tertiary/aromatic N) is 2. The van der Waals surface area contributed by atoms with Gasteiger partial charge in [-0.2, -0.15) is 0 Å². The van der Waals surface area contributed by atoms with Crippen LogP contribution in [0.5, 0.6) is 0 Å². The normalized spacial score (nSPS) is 24.7. The lowest BCUT2D eigenvalue weighted by molar-refractivity contribution is -0.385. The number of hydrogen-bond acceptors (Lipinski definition) is 4. The van der Waals surface area contributed by atoms with Crippen molar-refractivity contribution in [1.29, 1.82) is 0 Å². The number of anilines is 1. The molecule has 112 valence electrons. The van der Waals surface area contributed by atoms with Gasteiger partial charge < -0.3 is 10.0 Å². The van der Waals surface area contributed by atoms with Crippen LogP contribution in [-0.2, 0) is 0 Å². The first-order valence-electron chi connectivity index (χ1n) is 7.36. The fourth-order valence-corrected chi connectivity index (χ4v) is 3.81. The maximum absolute atomic E-state index is 11.3. The molecule has 3 rings (SSSR count). The van der Waals surface area contributed by atoms with E-state index in [-0.39, 0.29) is 11.3 Å². The Kier molecular flexibility index (Phi) is 3.53. The zero-order chi connectivity index (χ0) is 15.0. The molecule has 0 bridgehead atoms. The smallest absolute Gasteiger partial charge is 0.342 e. The second-order valence-corrected chi connectivity index (χ2v) is 5.86. The first-order chi connectivity index (χ1) is 10.1. The molecular weight excluding hydrogens is 272 g/mol. The maximum atomic E-state index is 11.3. The molecule has 1 N–H and O–H groups in total. The van der Waals surface area contributed by atoms with Gasteiger partial charge in [0.1, 0.15) is 5.56 Å². The zero-order valence-corrected chi connectivity index (χ0v) is 11.7. The summed E-state index contributed by atoms with van der Waals surface area (Å²) in [5.74, 6) is -0.564. The van der Waals surface area contributed by atoms with Gasteiger partial charge in [0.15, 0.2) is 0 Å². The summed E-state index contributed by atoms with van der Waals surface area (Å²) in [4.78, 5) is 23.8. The molecule has 6 nitrogen and oxygen atoms in total. The number of carbonyl (C=O) groups is 1. The van der Waals surface area contributed by atoms with E-state index in [1.165, 1.54) is 31.4 Å². The average molecular weight is 290 g/mol. The quantitative estimate of drug-likeness (QED) is 0.683. The van der Waals surface area contributed by atoms with E-state index in [0.717, 1.165) is 25.1 Å². The summed E-state index contributed by atoms with van der Waals surface area (Å²) in [5.41, 5.74) is 0.235. The Balaban J connectivity index is 1.96. The molecular formula is C15H18N2O4. The van der Waals surface area contributed by atoms with Crippen LogP contribution in [0.1, 0.15) is 42.5 Å². The Bertz CT molecular complexity index is 587. The van der Waals surface area contributed by atoms with Crippen molar-refractivity contribution >= 4 is 17.3 Å². The van der Waals surface area contributed by atoms with Gasteiger partial charge >= 0.3 is 5.97 Å². The molecule has 0 radical (unpaired) electrons. The van der Waals surface area contributed by atoms with Crippen LogP contribution in [0.2, 0.25) is 0 Å². The van der Waals surface area contributed by atoms with Crippen molar-refractivity contribution in [2.45, 2.75) is 38.1 Å². The van der Waals surface area contributed by atoms with Crippen LogP contribution in [-0.4, -0.2) is 28.6 Å². The fraction of sp³-hybridized carbons (Fsp3) is 0.533. The van der Waals surface area contributed by atoms with Crippen LogP contribution >= 0.6 is 0 Å². The highest BCUT2D eigenvalue weighted by molar-refractivity contribution is 5.93. The molecule has 0 amide bonds. The van der Waals surface area contributed by atoms with Gasteiger partial charge in [-0.1, -0.05) is 6.42 Å². The van der Waals surface area contributed by atoms with Crippen LogP contribution in [0.15, 0.2) is 18.2 Å². The SMILES string of the molecule is O=C(O)c1cc(N2CCCC3CCCC32)ccc1[N+](=O)[O-]. The number of nitro groups is 1. The molecule has 0 spiro atoms. The van der Waals surface area contributed by atoms with Gasteiger partial charge in [0.25, 0.3) is 5.69 Å². The second-order valence-electron chi connectivity index (χ2n) is 5.86. The number of carboxylic acid groups (broad SMARTS) is 1. The number of aromatic carboxylic acids is 1. The van der Waals surface area contributed by atoms with Crippen molar-refractivity contribution in [2.75, 3.05) is 11.4 Å². The second kappa shape index (κ2) is 5.35. The van der Waals surface area contributed by atoms with Crippen molar-refractivity contribution in [3.05, 3.63) is 33.9 Å². The number of benzene rings is 1. The third-order valence-corrected chi connectivity index (χ3v) is 4.73. The van der Waals surface area contributed by atoms with Crippen LogP contribution in [0.4, 0.5) is 11.4 Å². The summed E-state index contributed by atoms with van der Waals surface area (Å²) in [5, 5.41) is 20.1. The van der Waals surface area contributed by atoms with Gasteiger partial charge in [0, 0.05) is 24.3 Å². The van der Waals surface area contributed by atoms with Gasteiger partial charge in [-0.25, -0.2) is 4.79 Å². The van der Waals surface area contributed by atoms with Crippen molar-refractivity contribution in [3.63, 3.8) is 0 Å². The molecule has 2 fully saturated rings. The molecule has 0 aromatic heterocycles. The monoisotopic (exact) mass is 290 g/mol. The third-order valence-electron chi connectivity index (χ3n) is 4.73. The van der Waals surface area contributed by atoms with Gasteiger partial charge in [0.05, 0.1) is 4.92 Å². The van der Waals surface area contributed by atoms with Gasteiger partial charge in [0.2, 0.25) is 0 Å². The summed E-state index contributed by atoms with van der Waals surface area (Å²) >= 11 is 0. The fourth-order valence-electron chi connectivity index (χ4n) is 3.81.